The SMILES string of the molecule is CCN(C)CCNCc1ccc(C(N)=O)cc1Cl. The number of primary amides is 1. The third-order valence-electron chi connectivity index (χ3n) is 2.86. The molecule has 100 valence electrons. The maximum atomic E-state index is 11.0. The van der Waals surface area contributed by atoms with Crippen LogP contribution < -0.4 is 11.1 Å². The van der Waals surface area contributed by atoms with E-state index in [9.17, 15) is 4.79 Å². The smallest absolute Gasteiger partial charge is 0.248 e. The van der Waals surface area contributed by atoms with Gasteiger partial charge < -0.3 is 16.0 Å². The Labute approximate surface area is 113 Å². The van der Waals surface area contributed by atoms with Crippen LogP contribution >= 0.6 is 11.6 Å². The Morgan fingerprint density at radius 3 is 2.78 bits per heavy atom. The lowest BCUT2D eigenvalue weighted by Crippen LogP contribution is -2.28. The van der Waals surface area contributed by atoms with Crippen LogP contribution in [-0.4, -0.2) is 37.5 Å². The molecule has 0 radical (unpaired) electrons. The lowest BCUT2D eigenvalue weighted by molar-refractivity contribution is 0.100. The first-order chi connectivity index (χ1) is 8.54. The van der Waals surface area contributed by atoms with E-state index < -0.39 is 5.91 Å². The molecule has 3 N–H and O–H groups in total. The van der Waals surface area contributed by atoms with Gasteiger partial charge in [-0.05, 0) is 31.3 Å². The van der Waals surface area contributed by atoms with Crippen molar-refractivity contribution in [1.82, 2.24) is 10.2 Å². The van der Waals surface area contributed by atoms with Gasteiger partial charge in [0.15, 0.2) is 0 Å². The van der Waals surface area contributed by atoms with E-state index in [-0.39, 0.29) is 0 Å². The third kappa shape index (κ3) is 4.64. The Hall–Kier alpha value is -1.10. The van der Waals surface area contributed by atoms with Crippen LogP contribution in [0.4, 0.5) is 0 Å². The van der Waals surface area contributed by atoms with Gasteiger partial charge in [-0.3, -0.25) is 4.79 Å². The minimum atomic E-state index is -0.457. The summed E-state index contributed by atoms with van der Waals surface area (Å²) in [7, 11) is 2.08. The van der Waals surface area contributed by atoms with Crippen molar-refractivity contribution in [2.75, 3.05) is 26.7 Å². The molecule has 0 spiro atoms. The van der Waals surface area contributed by atoms with Crippen molar-refractivity contribution in [3.63, 3.8) is 0 Å². The quantitative estimate of drug-likeness (QED) is 0.737. The molecular weight excluding hydrogens is 250 g/mol. The Balaban J connectivity index is 2.46. The molecule has 0 saturated heterocycles. The van der Waals surface area contributed by atoms with E-state index in [1.165, 1.54) is 0 Å². The van der Waals surface area contributed by atoms with E-state index >= 15 is 0 Å². The number of nitrogens with zero attached hydrogens (tertiary/aromatic N) is 1. The second-order valence-electron chi connectivity index (χ2n) is 4.24. The lowest BCUT2D eigenvalue weighted by Gasteiger charge is -2.14. The number of rotatable bonds is 7. The number of amides is 1. The molecule has 0 bridgehead atoms. The predicted octanol–water partition coefficient (Wildman–Crippen LogP) is 1.48. The van der Waals surface area contributed by atoms with E-state index in [0.717, 1.165) is 25.2 Å². The molecule has 0 saturated carbocycles. The maximum Gasteiger partial charge on any atom is 0.248 e. The summed E-state index contributed by atoms with van der Waals surface area (Å²) in [5.74, 6) is -0.457. The van der Waals surface area contributed by atoms with Crippen LogP contribution in [0.2, 0.25) is 5.02 Å². The number of carbonyl (C=O) groups is 1. The fraction of sp³-hybridized carbons (Fsp3) is 0.462. The zero-order valence-corrected chi connectivity index (χ0v) is 11.6. The zero-order chi connectivity index (χ0) is 13.5. The first-order valence-electron chi connectivity index (χ1n) is 6.02. The number of benzene rings is 1. The summed E-state index contributed by atoms with van der Waals surface area (Å²) in [6.07, 6.45) is 0. The largest absolute Gasteiger partial charge is 0.366 e. The number of halogens is 1. The lowest BCUT2D eigenvalue weighted by atomic mass is 10.1. The summed E-state index contributed by atoms with van der Waals surface area (Å²) in [6.45, 7) is 5.75. The van der Waals surface area contributed by atoms with Gasteiger partial charge >= 0.3 is 0 Å². The molecule has 0 unspecified atom stereocenters. The molecule has 0 heterocycles. The van der Waals surface area contributed by atoms with Crippen molar-refractivity contribution in [2.24, 2.45) is 5.73 Å². The number of hydrogen-bond acceptors (Lipinski definition) is 3. The van der Waals surface area contributed by atoms with Crippen LogP contribution in [0.15, 0.2) is 18.2 Å². The van der Waals surface area contributed by atoms with Crippen LogP contribution in [0.1, 0.15) is 22.8 Å². The Bertz CT molecular complexity index is 409. The topological polar surface area (TPSA) is 58.4 Å². The summed E-state index contributed by atoms with van der Waals surface area (Å²) in [5, 5.41) is 3.89. The molecule has 18 heavy (non-hydrogen) atoms. The second-order valence-corrected chi connectivity index (χ2v) is 4.65. The molecular formula is C13H20ClN3O. The number of likely N-dealkylation sites (N-methyl/N-ethyl adjacent to an activating group) is 1. The molecule has 1 aromatic rings. The minimum absolute atomic E-state index is 0.439. The van der Waals surface area contributed by atoms with E-state index in [4.69, 9.17) is 17.3 Å². The van der Waals surface area contributed by atoms with E-state index in [1.54, 1.807) is 12.1 Å². The van der Waals surface area contributed by atoms with Gasteiger partial charge in [0.1, 0.15) is 0 Å². The second kappa shape index (κ2) is 7.36. The zero-order valence-electron chi connectivity index (χ0n) is 10.9. The van der Waals surface area contributed by atoms with Crippen molar-refractivity contribution in [2.45, 2.75) is 13.5 Å². The molecule has 5 heteroatoms. The highest BCUT2D eigenvalue weighted by molar-refractivity contribution is 6.31. The highest BCUT2D eigenvalue weighted by atomic mass is 35.5. The fourth-order valence-electron chi connectivity index (χ4n) is 1.50. The monoisotopic (exact) mass is 269 g/mol. The highest BCUT2D eigenvalue weighted by Gasteiger charge is 2.05. The Kier molecular flexibility index (Phi) is 6.12. The van der Waals surface area contributed by atoms with E-state index in [2.05, 4.69) is 24.2 Å². The van der Waals surface area contributed by atoms with Gasteiger partial charge in [-0.15, -0.1) is 0 Å². The predicted molar refractivity (Wildman–Crippen MR) is 74.8 cm³/mol. The minimum Gasteiger partial charge on any atom is -0.366 e. The summed E-state index contributed by atoms with van der Waals surface area (Å²) in [5.41, 5.74) is 6.60. The van der Waals surface area contributed by atoms with Gasteiger partial charge in [0.05, 0.1) is 0 Å². The molecule has 0 aromatic heterocycles. The van der Waals surface area contributed by atoms with Crippen LogP contribution in [0, 0.1) is 0 Å². The van der Waals surface area contributed by atoms with Crippen LogP contribution in [0.3, 0.4) is 0 Å². The number of nitrogens with one attached hydrogen (secondary N) is 1. The van der Waals surface area contributed by atoms with Gasteiger partial charge in [0, 0.05) is 30.2 Å². The van der Waals surface area contributed by atoms with Gasteiger partial charge in [-0.1, -0.05) is 24.6 Å². The van der Waals surface area contributed by atoms with Crippen molar-refractivity contribution in [3.05, 3.63) is 34.3 Å². The van der Waals surface area contributed by atoms with Gasteiger partial charge in [-0.2, -0.15) is 0 Å². The van der Waals surface area contributed by atoms with Gasteiger partial charge in [-0.25, -0.2) is 0 Å². The van der Waals surface area contributed by atoms with Crippen LogP contribution in [0.25, 0.3) is 0 Å². The summed E-state index contributed by atoms with van der Waals surface area (Å²) >= 11 is 6.08. The number of carbonyl (C=O) groups excluding carboxylic acids is 1. The summed E-state index contributed by atoms with van der Waals surface area (Å²) < 4.78 is 0. The molecule has 0 aliphatic heterocycles. The van der Waals surface area contributed by atoms with Crippen molar-refractivity contribution < 1.29 is 4.79 Å². The summed E-state index contributed by atoms with van der Waals surface area (Å²) in [6, 6.07) is 5.14. The maximum absolute atomic E-state index is 11.0. The normalized spacial score (nSPS) is 10.9. The van der Waals surface area contributed by atoms with Crippen molar-refractivity contribution in [1.29, 1.82) is 0 Å². The first kappa shape index (κ1) is 15.0. The molecule has 0 aliphatic carbocycles. The van der Waals surface area contributed by atoms with E-state index in [0.29, 0.717) is 17.1 Å². The molecule has 4 nitrogen and oxygen atoms in total. The van der Waals surface area contributed by atoms with Crippen molar-refractivity contribution in [3.8, 4) is 0 Å². The van der Waals surface area contributed by atoms with Gasteiger partial charge in [0.25, 0.3) is 0 Å². The molecule has 1 amide bonds. The first-order valence-corrected chi connectivity index (χ1v) is 6.40. The standard InChI is InChI=1S/C13H20ClN3O/c1-3-17(2)7-6-16-9-11-5-4-10(13(15)18)8-12(11)14/h4-5,8,16H,3,6-7,9H2,1-2H3,(H2,15,18). The average molecular weight is 270 g/mol. The molecule has 0 aliphatic rings. The fourth-order valence-corrected chi connectivity index (χ4v) is 1.74. The molecule has 1 rings (SSSR count). The van der Waals surface area contributed by atoms with Crippen LogP contribution in [0.5, 0.6) is 0 Å². The highest BCUT2D eigenvalue weighted by Crippen LogP contribution is 2.17. The average Bonchev–Trinajstić information content (AvgIpc) is 2.35. The third-order valence-corrected chi connectivity index (χ3v) is 3.22. The van der Waals surface area contributed by atoms with Crippen molar-refractivity contribution >= 4 is 17.5 Å². The molecule has 1 aromatic carbocycles. The Morgan fingerprint density at radius 1 is 1.50 bits per heavy atom. The van der Waals surface area contributed by atoms with Gasteiger partial charge in [0.2, 0.25) is 5.91 Å². The molecule has 0 atom stereocenters. The summed E-state index contributed by atoms with van der Waals surface area (Å²) in [4.78, 5) is 13.2. The number of hydrogen-bond donors (Lipinski definition) is 2. The number of nitrogens with two attached hydrogens (primary N) is 1. The molecule has 0 fully saturated rings. The van der Waals surface area contributed by atoms with E-state index in [1.807, 2.05) is 6.07 Å². The Morgan fingerprint density at radius 2 is 2.22 bits per heavy atom. The van der Waals surface area contributed by atoms with Crippen LogP contribution in [-0.2, 0) is 6.54 Å².